The molecule has 6 nitrogen and oxygen atoms in total. The summed E-state index contributed by atoms with van der Waals surface area (Å²) in [5.41, 5.74) is 0. The third-order valence-electron chi connectivity index (χ3n) is 12.8. The van der Waals surface area contributed by atoms with Crippen LogP contribution in [0, 0.1) is 0 Å². The lowest BCUT2D eigenvalue weighted by Gasteiger charge is -2.18. The van der Waals surface area contributed by atoms with Crippen molar-refractivity contribution in [2.45, 2.75) is 309 Å². The van der Waals surface area contributed by atoms with E-state index in [1.54, 1.807) is 0 Å². The normalized spacial score (nSPS) is 12.3. The molecule has 0 aliphatic carbocycles. The van der Waals surface area contributed by atoms with Crippen LogP contribution in [0.2, 0.25) is 0 Å². The van der Waals surface area contributed by atoms with Crippen molar-refractivity contribution in [3.63, 3.8) is 0 Å². The van der Waals surface area contributed by atoms with Crippen molar-refractivity contribution >= 4 is 17.9 Å². The highest BCUT2D eigenvalue weighted by molar-refractivity contribution is 5.71. The molecular formula is C61H110O6. The Labute approximate surface area is 416 Å². The Balaban J connectivity index is 4.34. The van der Waals surface area contributed by atoms with Crippen molar-refractivity contribution < 1.29 is 28.6 Å². The van der Waals surface area contributed by atoms with Crippen LogP contribution in [-0.2, 0) is 28.6 Å². The van der Waals surface area contributed by atoms with E-state index in [0.29, 0.717) is 19.3 Å². The molecule has 390 valence electrons. The smallest absolute Gasteiger partial charge is 0.306 e. The van der Waals surface area contributed by atoms with Crippen LogP contribution >= 0.6 is 0 Å². The van der Waals surface area contributed by atoms with Gasteiger partial charge in [0.15, 0.2) is 6.10 Å². The minimum absolute atomic E-state index is 0.0794. The van der Waals surface area contributed by atoms with Gasteiger partial charge in [-0.1, -0.05) is 236 Å². The van der Waals surface area contributed by atoms with Gasteiger partial charge in [0.05, 0.1) is 0 Å². The maximum absolute atomic E-state index is 12.9. The average molecular weight is 940 g/mol. The molecule has 0 heterocycles. The van der Waals surface area contributed by atoms with E-state index in [4.69, 9.17) is 14.2 Å². The number of esters is 3. The van der Waals surface area contributed by atoms with Gasteiger partial charge in [0.25, 0.3) is 0 Å². The van der Waals surface area contributed by atoms with Crippen molar-refractivity contribution in [3.05, 3.63) is 48.6 Å². The van der Waals surface area contributed by atoms with E-state index < -0.39 is 6.10 Å². The first kappa shape index (κ1) is 64.4. The first-order chi connectivity index (χ1) is 33.0. The summed E-state index contributed by atoms with van der Waals surface area (Å²) < 4.78 is 16.9. The van der Waals surface area contributed by atoms with Crippen molar-refractivity contribution in [1.82, 2.24) is 0 Å². The van der Waals surface area contributed by atoms with Crippen LogP contribution in [0.3, 0.4) is 0 Å². The van der Waals surface area contributed by atoms with Crippen molar-refractivity contribution in [2.24, 2.45) is 0 Å². The Kier molecular flexibility index (Phi) is 53.8. The summed E-state index contributed by atoms with van der Waals surface area (Å²) in [6, 6.07) is 0. The number of hydrogen-bond acceptors (Lipinski definition) is 6. The maximum atomic E-state index is 12.9. The summed E-state index contributed by atoms with van der Waals surface area (Å²) in [7, 11) is 0. The van der Waals surface area contributed by atoms with E-state index in [-0.39, 0.29) is 31.1 Å². The monoisotopic (exact) mass is 939 g/mol. The predicted octanol–water partition coefficient (Wildman–Crippen LogP) is 19.4. The van der Waals surface area contributed by atoms with Gasteiger partial charge in [0.2, 0.25) is 0 Å². The third-order valence-corrected chi connectivity index (χ3v) is 12.8. The zero-order valence-corrected chi connectivity index (χ0v) is 44.7. The minimum Gasteiger partial charge on any atom is -0.462 e. The molecule has 0 radical (unpaired) electrons. The molecule has 0 N–H and O–H groups in total. The van der Waals surface area contributed by atoms with E-state index >= 15 is 0 Å². The van der Waals surface area contributed by atoms with Gasteiger partial charge in [-0.2, -0.15) is 0 Å². The highest BCUT2D eigenvalue weighted by atomic mass is 16.6. The number of rotatable bonds is 53. The average Bonchev–Trinajstić information content (AvgIpc) is 3.33. The number of hydrogen-bond donors (Lipinski definition) is 0. The van der Waals surface area contributed by atoms with Crippen LogP contribution in [0.4, 0.5) is 0 Å². The molecule has 6 heteroatoms. The Morgan fingerprint density at radius 2 is 0.537 bits per heavy atom. The Morgan fingerprint density at radius 1 is 0.299 bits per heavy atom. The molecular weight excluding hydrogens is 829 g/mol. The number of ether oxygens (including phenoxy) is 3. The topological polar surface area (TPSA) is 78.9 Å². The fraction of sp³-hybridized carbons (Fsp3) is 0.820. The highest BCUT2D eigenvalue weighted by Crippen LogP contribution is 2.16. The van der Waals surface area contributed by atoms with Crippen molar-refractivity contribution in [3.8, 4) is 0 Å². The van der Waals surface area contributed by atoms with Gasteiger partial charge in [-0.3, -0.25) is 14.4 Å². The molecule has 0 amide bonds. The van der Waals surface area contributed by atoms with Crippen LogP contribution < -0.4 is 0 Å². The summed E-state index contributed by atoms with van der Waals surface area (Å²) in [5.74, 6) is -0.887. The molecule has 0 aromatic heterocycles. The van der Waals surface area contributed by atoms with E-state index in [2.05, 4.69) is 69.4 Å². The largest absolute Gasteiger partial charge is 0.462 e. The lowest BCUT2D eigenvalue weighted by Crippen LogP contribution is -2.30. The van der Waals surface area contributed by atoms with Crippen LogP contribution in [-0.4, -0.2) is 37.2 Å². The van der Waals surface area contributed by atoms with Crippen molar-refractivity contribution in [1.29, 1.82) is 0 Å². The van der Waals surface area contributed by atoms with E-state index in [1.165, 1.54) is 193 Å². The van der Waals surface area contributed by atoms with Crippen molar-refractivity contribution in [2.75, 3.05) is 13.2 Å². The molecule has 0 aliphatic heterocycles. The molecule has 0 aliphatic rings. The van der Waals surface area contributed by atoms with Crippen LogP contribution in [0.5, 0.6) is 0 Å². The van der Waals surface area contributed by atoms with E-state index in [1.807, 2.05) is 0 Å². The molecule has 67 heavy (non-hydrogen) atoms. The van der Waals surface area contributed by atoms with Gasteiger partial charge in [-0.05, 0) is 96.3 Å². The molecule has 0 spiro atoms. The Morgan fingerprint density at radius 3 is 0.866 bits per heavy atom. The maximum Gasteiger partial charge on any atom is 0.306 e. The second kappa shape index (κ2) is 56.0. The quantitative estimate of drug-likeness (QED) is 0.0199. The van der Waals surface area contributed by atoms with Gasteiger partial charge in [0, 0.05) is 19.3 Å². The fourth-order valence-corrected chi connectivity index (χ4v) is 8.36. The van der Waals surface area contributed by atoms with E-state index in [9.17, 15) is 14.4 Å². The molecule has 1 atom stereocenters. The SMILES string of the molecule is CCCCC/C=C\C=C/CCCCCCCCCCCCC(=O)OCC(COC(=O)CCCCCCC/C=C\CCCCC)OC(=O)CCCCCCC/C=C\CCCCCCCCCCC. The summed E-state index contributed by atoms with van der Waals surface area (Å²) in [6.07, 6.45) is 68.1. The summed E-state index contributed by atoms with van der Waals surface area (Å²) in [4.78, 5) is 38.1. The Hall–Kier alpha value is -2.63. The van der Waals surface area contributed by atoms with Gasteiger partial charge < -0.3 is 14.2 Å². The zero-order chi connectivity index (χ0) is 48.6. The fourth-order valence-electron chi connectivity index (χ4n) is 8.36. The zero-order valence-electron chi connectivity index (χ0n) is 44.7. The van der Waals surface area contributed by atoms with Gasteiger partial charge >= 0.3 is 17.9 Å². The number of unbranched alkanes of at least 4 members (excludes halogenated alkanes) is 35. The third kappa shape index (κ3) is 54.2. The second-order valence-corrected chi connectivity index (χ2v) is 19.6. The van der Waals surface area contributed by atoms with E-state index in [0.717, 1.165) is 70.6 Å². The number of allylic oxidation sites excluding steroid dienone is 8. The second-order valence-electron chi connectivity index (χ2n) is 19.6. The molecule has 1 unspecified atom stereocenters. The molecule has 0 saturated heterocycles. The van der Waals surface area contributed by atoms with Gasteiger partial charge in [-0.15, -0.1) is 0 Å². The molecule has 0 fully saturated rings. The highest BCUT2D eigenvalue weighted by Gasteiger charge is 2.19. The Bertz CT molecular complexity index is 1170. The molecule has 0 saturated carbocycles. The van der Waals surface area contributed by atoms with Crippen LogP contribution in [0.25, 0.3) is 0 Å². The lowest BCUT2D eigenvalue weighted by molar-refractivity contribution is -0.167. The van der Waals surface area contributed by atoms with Gasteiger partial charge in [-0.25, -0.2) is 0 Å². The first-order valence-corrected chi connectivity index (χ1v) is 29.2. The number of carbonyl (C=O) groups excluding carboxylic acids is 3. The first-order valence-electron chi connectivity index (χ1n) is 29.2. The van der Waals surface area contributed by atoms with Gasteiger partial charge in [0.1, 0.15) is 13.2 Å². The molecule has 0 aromatic rings. The molecule has 0 aromatic carbocycles. The van der Waals surface area contributed by atoms with Crippen LogP contribution in [0.15, 0.2) is 48.6 Å². The summed E-state index contributed by atoms with van der Waals surface area (Å²) in [5, 5.41) is 0. The lowest BCUT2D eigenvalue weighted by atomic mass is 10.1. The summed E-state index contributed by atoms with van der Waals surface area (Å²) >= 11 is 0. The summed E-state index contributed by atoms with van der Waals surface area (Å²) in [6.45, 7) is 6.60. The predicted molar refractivity (Wildman–Crippen MR) is 289 cm³/mol. The number of carbonyl (C=O) groups is 3. The standard InChI is InChI=1S/C61H110O6/c1-4-7-10-13-16-19-22-25-27-29-31-33-34-36-39-42-45-48-51-54-60(63)66-57-58(56-65-59(62)53-50-47-44-41-38-24-21-18-15-12-9-6-3)67-61(64)55-52-49-46-43-40-37-35-32-30-28-26-23-20-17-14-11-8-5-2/h16,18-19,21-22,25,32,35,58H,4-15,17,20,23-24,26-31,33-34,36-57H2,1-3H3/b19-16-,21-18-,25-22-,35-32-. The minimum atomic E-state index is -0.781. The molecule has 0 bridgehead atoms. The van der Waals surface area contributed by atoms with Crippen LogP contribution in [0.1, 0.15) is 303 Å². The molecule has 0 rings (SSSR count).